The average Bonchev–Trinajstić information content (AvgIpc) is 2.56. The predicted octanol–water partition coefficient (Wildman–Crippen LogP) is 2.39. The molecule has 1 heterocycles. The second-order valence-corrected chi connectivity index (χ2v) is 3.10. The average molecular weight is 175 g/mol. The standard InChI is InChI=1S/C9H7N2S/c1-7-3-2-4-8(5-7)9-6-12-11-10-9/h2-6H,1H2. The van der Waals surface area contributed by atoms with Gasteiger partial charge in [0.15, 0.2) is 0 Å². The normalized spacial score (nSPS) is 10.1. The summed E-state index contributed by atoms with van der Waals surface area (Å²) in [6.07, 6.45) is 0. The van der Waals surface area contributed by atoms with Gasteiger partial charge in [-0.15, -0.1) is 5.10 Å². The highest BCUT2D eigenvalue weighted by atomic mass is 32.1. The Morgan fingerprint density at radius 2 is 2.25 bits per heavy atom. The molecule has 1 aromatic carbocycles. The highest BCUT2D eigenvalue weighted by Gasteiger charge is 1.99. The van der Waals surface area contributed by atoms with Crippen LogP contribution in [0.3, 0.4) is 0 Å². The van der Waals surface area contributed by atoms with E-state index in [0.717, 1.165) is 16.8 Å². The molecule has 1 aromatic heterocycles. The minimum atomic E-state index is 0.922. The number of benzene rings is 1. The van der Waals surface area contributed by atoms with Gasteiger partial charge in [-0.2, -0.15) is 0 Å². The zero-order valence-corrected chi connectivity index (χ0v) is 7.21. The molecular weight excluding hydrogens is 168 g/mol. The van der Waals surface area contributed by atoms with Crippen molar-refractivity contribution in [3.63, 3.8) is 0 Å². The van der Waals surface area contributed by atoms with Crippen LogP contribution in [0.2, 0.25) is 0 Å². The van der Waals surface area contributed by atoms with Crippen molar-refractivity contribution in [1.29, 1.82) is 0 Å². The van der Waals surface area contributed by atoms with Crippen molar-refractivity contribution in [2.24, 2.45) is 0 Å². The van der Waals surface area contributed by atoms with Crippen molar-refractivity contribution in [1.82, 2.24) is 9.59 Å². The first-order valence-electron chi connectivity index (χ1n) is 3.56. The molecule has 0 bridgehead atoms. The molecule has 0 N–H and O–H groups in total. The SMILES string of the molecule is [CH2]c1cccc(-c2csnn2)c1. The van der Waals surface area contributed by atoms with E-state index >= 15 is 0 Å². The van der Waals surface area contributed by atoms with Gasteiger partial charge in [0.25, 0.3) is 0 Å². The summed E-state index contributed by atoms with van der Waals surface area (Å²) in [6, 6.07) is 7.93. The Morgan fingerprint density at radius 3 is 2.92 bits per heavy atom. The van der Waals surface area contributed by atoms with E-state index in [1.807, 2.05) is 29.6 Å². The van der Waals surface area contributed by atoms with Crippen LogP contribution in [-0.2, 0) is 0 Å². The molecule has 2 nitrogen and oxygen atoms in total. The fourth-order valence-corrected chi connectivity index (χ4v) is 1.49. The van der Waals surface area contributed by atoms with Gasteiger partial charge in [0, 0.05) is 10.9 Å². The third-order valence-electron chi connectivity index (χ3n) is 1.58. The summed E-state index contributed by atoms with van der Waals surface area (Å²) in [7, 11) is 0. The van der Waals surface area contributed by atoms with Crippen molar-refractivity contribution in [3.05, 3.63) is 42.1 Å². The van der Waals surface area contributed by atoms with E-state index in [9.17, 15) is 0 Å². The van der Waals surface area contributed by atoms with Crippen LogP contribution in [0.15, 0.2) is 29.6 Å². The fraction of sp³-hybridized carbons (Fsp3) is 0. The van der Waals surface area contributed by atoms with Crippen LogP contribution in [0, 0.1) is 6.92 Å². The summed E-state index contributed by atoms with van der Waals surface area (Å²) in [5, 5.41) is 5.89. The molecule has 0 spiro atoms. The lowest BCUT2D eigenvalue weighted by molar-refractivity contribution is 1.16. The van der Waals surface area contributed by atoms with E-state index in [1.54, 1.807) is 0 Å². The summed E-state index contributed by atoms with van der Waals surface area (Å²) in [4.78, 5) is 0. The number of rotatable bonds is 1. The quantitative estimate of drug-likeness (QED) is 0.665. The number of hydrogen-bond acceptors (Lipinski definition) is 3. The van der Waals surface area contributed by atoms with Crippen LogP contribution in [0.4, 0.5) is 0 Å². The number of aromatic nitrogens is 2. The monoisotopic (exact) mass is 175 g/mol. The van der Waals surface area contributed by atoms with Crippen LogP contribution in [-0.4, -0.2) is 9.59 Å². The van der Waals surface area contributed by atoms with Gasteiger partial charge in [0.05, 0.1) is 0 Å². The van der Waals surface area contributed by atoms with E-state index in [2.05, 4.69) is 16.5 Å². The van der Waals surface area contributed by atoms with Crippen LogP contribution in [0.5, 0.6) is 0 Å². The Balaban J connectivity index is 2.48. The molecule has 59 valence electrons. The van der Waals surface area contributed by atoms with E-state index in [4.69, 9.17) is 0 Å². The Kier molecular flexibility index (Phi) is 1.87. The molecule has 2 aromatic rings. The van der Waals surface area contributed by atoms with Crippen molar-refractivity contribution < 1.29 is 0 Å². The first-order valence-corrected chi connectivity index (χ1v) is 4.39. The van der Waals surface area contributed by atoms with E-state index in [-0.39, 0.29) is 0 Å². The van der Waals surface area contributed by atoms with Crippen LogP contribution >= 0.6 is 11.5 Å². The van der Waals surface area contributed by atoms with Crippen LogP contribution in [0.1, 0.15) is 5.56 Å². The molecule has 0 aliphatic rings. The van der Waals surface area contributed by atoms with E-state index in [0.29, 0.717) is 0 Å². The van der Waals surface area contributed by atoms with Gasteiger partial charge >= 0.3 is 0 Å². The summed E-state index contributed by atoms with van der Waals surface area (Å²) >= 11 is 1.36. The van der Waals surface area contributed by atoms with Gasteiger partial charge in [0.1, 0.15) is 5.69 Å². The molecule has 2 rings (SSSR count). The van der Waals surface area contributed by atoms with Gasteiger partial charge in [-0.1, -0.05) is 22.7 Å². The Morgan fingerprint density at radius 1 is 1.33 bits per heavy atom. The van der Waals surface area contributed by atoms with Crippen molar-refractivity contribution in [2.75, 3.05) is 0 Å². The van der Waals surface area contributed by atoms with Crippen molar-refractivity contribution in [3.8, 4) is 11.3 Å². The Bertz CT molecular complexity index is 368. The molecule has 12 heavy (non-hydrogen) atoms. The highest BCUT2D eigenvalue weighted by molar-refractivity contribution is 7.03. The molecule has 1 radical (unpaired) electrons. The molecule has 0 saturated carbocycles. The molecule has 0 atom stereocenters. The largest absolute Gasteiger partial charge is 0.138 e. The van der Waals surface area contributed by atoms with Gasteiger partial charge < -0.3 is 0 Å². The van der Waals surface area contributed by atoms with Gasteiger partial charge in [0.2, 0.25) is 0 Å². The zero-order chi connectivity index (χ0) is 8.39. The maximum atomic E-state index is 3.97. The number of hydrogen-bond donors (Lipinski definition) is 0. The van der Waals surface area contributed by atoms with Crippen molar-refractivity contribution in [2.45, 2.75) is 0 Å². The van der Waals surface area contributed by atoms with E-state index in [1.165, 1.54) is 11.5 Å². The first-order chi connectivity index (χ1) is 5.86. The summed E-state index contributed by atoms with van der Waals surface area (Å²) < 4.78 is 3.80. The molecule has 0 aliphatic carbocycles. The predicted molar refractivity (Wildman–Crippen MR) is 49.8 cm³/mol. The van der Waals surface area contributed by atoms with Gasteiger partial charge in [-0.25, -0.2) is 0 Å². The third kappa shape index (κ3) is 1.36. The summed E-state index contributed by atoms with van der Waals surface area (Å²) in [6.45, 7) is 3.85. The van der Waals surface area contributed by atoms with Crippen LogP contribution in [0.25, 0.3) is 11.3 Å². The molecule has 0 unspecified atom stereocenters. The lowest BCUT2D eigenvalue weighted by Crippen LogP contribution is -1.78. The molecule has 0 aliphatic heterocycles. The topological polar surface area (TPSA) is 25.8 Å². The molecule has 0 fully saturated rings. The fourth-order valence-electron chi connectivity index (χ4n) is 1.02. The van der Waals surface area contributed by atoms with Crippen LogP contribution < -0.4 is 0 Å². The maximum Gasteiger partial charge on any atom is 0.105 e. The molecular formula is C9H7N2S. The van der Waals surface area contributed by atoms with Gasteiger partial charge in [-0.05, 0) is 30.1 Å². The summed E-state index contributed by atoms with van der Waals surface area (Å²) in [5.41, 5.74) is 3.00. The minimum absolute atomic E-state index is 0.922. The molecule has 0 amide bonds. The zero-order valence-electron chi connectivity index (χ0n) is 6.40. The molecule has 0 saturated heterocycles. The summed E-state index contributed by atoms with van der Waals surface area (Å²) in [5.74, 6) is 0. The second kappa shape index (κ2) is 3.03. The highest BCUT2D eigenvalue weighted by Crippen LogP contribution is 2.18. The lowest BCUT2D eigenvalue weighted by atomic mass is 10.1. The Labute approximate surface area is 75.0 Å². The van der Waals surface area contributed by atoms with E-state index < -0.39 is 0 Å². The van der Waals surface area contributed by atoms with Crippen molar-refractivity contribution >= 4 is 11.5 Å². The minimum Gasteiger partial charge on any atom is -0.138 e. The van der Waals surface area contributed by atoms with Gasteiger partial charge in [-0.3, -0.25) is 0 Å². The number of nitrogens with zero attached hydrogens (tertiary/aromatic N) is 2. The molecule has 3 heteroatoms. The first kappa shape index (κ1) is 7.43. The second-order valence-electron chi connectivity index (χ2n) is 2.49. The Hall–Kier alpha value is -1.22. The third-order valence-corrected chi connectivity index (χ3v) is 2.09. The lowest BCUT2D eigenvalue weighted by Gasteiger charge is -1.95. The smallest absolute Gasteiger partial charge is 0.105 e. The maximum absolute atomic E-state index is 3.97.